The van der Waals surface area contributed by atoms with Gasteiger partial charge in [-0.2, -0.15) is 18.3 Å². The van der Waals surface area contributed by atoms with E-state index < -0.39 is 29.4 Å². The molecule has 0 bridgehead atoms. The molecule has 3 heterocycles. The van der Waals surface area contributed by atoms with E-state index in [1.807, 2.05) is 0 Å². The van der Waals surface area contributed by atoms with Crippen LogP contribution in [0.5, 0.6) is 11.8 Å². The summed E-state index contributed by atoms with van der Waals surface area (Å²) in [6.07, 6.45) is 0.571. The average molecular weight is 568 g/mol. The summed E-state index contributed by atoms with van der Waals surface area (Å²) in [5.41, 5.74) is 5.61. The minimum absolute atomic E-state index is 0.000542. The molecule has 2 amide bonds. The molecule has 5 rings (SSSR count). The Kier molecular flexibility index (Phi) is 7.16. The second-order valence-electron chi connectivity index (χ2n) is 8.38. The van der Waals surface area contributed by atoms with Gasteiger partial charge in [-0.25, -0.2) is 33.2 Å². The van der Waals surface area contributed by atoms with Crippen LogP contribution in [0.1, 0.15) is 5.56 Å². The average Bonchev–Trinajstić information content (AvgIpc) is 3.37. The first kappa shape index (κ1) is 27.0. The summed E-state index contributed by atoms with van der Waals surface area (Å²) in [5, 5.41) is 8.43. The summed E-state index contributed by atoms with van der Waals surface area (Å²) in [7, 11) is 0. The topological polar surface area (TPSA) is 133 Å². The maximum absolute atomic E-state index is 13.5. The Morgan fingerprint density at radius 3 is 2.27 bits per heavy atom. The number of carbonyl (C=O) groups is 1. The molecule has 0 aliphatic heterocycles. The molecule has 2 aromatic carbocycles. The minimum Gasteiger partial charge on any atom is -0.424 e. The van der Waals surface area contributed by atoms with E-state index in [4.69, 9.17) is 10.5 Å². The number of hydrogen-bond acceptors (Lipinski definition) is 7. The van der Waals surface area contributed by atoms with Gasteiger partial charge in [0.2, 0.25) is 0 Å². The molecule has 15 heteroatoms. The highest BCUT2D eigenvalue weighted by molar-refractivity contribution is 6.00. The van der Waals surface area contributed by atoms with E-state index in [9.17, 15) is 26.7 Å². The maximum Gasteiger partial charge on any atom is 0.416 e. The van der Waals surface area contributed by atoms with Crippen molar-refractivity contribution in [2.45, 2.75) is 6.18 Å². The molecular formula is C26H17F5N8O2. The number of alkyl halides is 3. The Morgan fingerprint density at radius 2 is 1.61 bits per heavy atom. The van der Waals surface area contributed by atoms with E-state index in [1.54, 1.807) is 24.3 Å². The number of urea groups is 1. The molecule has 0 fully saturated rings. The van der Waals surface area contributed by atoms with E-state index in [0.717, 1.165) is 35.4 Å². The summed E-state index contributed by atoms with van der Waals surface area (Å²) in [4.78, 5) is 24.3. The molecule has 0 radical (unpaired) electrons. The lowest BCUT2D eigenvalue weighted by molar-refractivity contribution is -0.137. The Labute approximate surface area is 227 Å². The van der Waals surface area contributed by atoms with Crippen molar-refractivity contribution in [3.05, 3.63) is 96.7 Å². The van der Waals surface area contributed by atoms with Crippen LogP contribution in [-0.4, -0.2) is 30.8 Å². The number of amides is 2. The monoisotopic (exact) mass is 568 g/mol. The van der Waals surface area contributed by atoms with Gasteiger partial charge in [-0.1, -0.05) is 12.1 Å². The Balaban J connectivity index is 1.26. The number of rotatable bonds is 6. The first-order valence-electron chi connectivity index (χ1n) is 11.6. The number of ether oxygens (including phenoxy) is 1. The van der Waals surface area contributed by atoms with Gasteiger partial charge < -0.3 is 21.1 Å². The molecule has 0 aliphatic rings. The fourth-order valence-corrected chi connectivity index (χ4v) is 3.65. The third kappa shape index (κ3) is 6.35. The molecular weight excluding hydrogens is 551 g/mol. The van der Waals surface area contributed by atoms with Crippen molar-refractivity contribution in [1.29, 1.82) is 0 Å². The number of hydrogen-bond donors (Lipinski definition) is 3. The molecule has 0 saturated heterocycles. The number of benzene rings is 2. The van der Waals surface area contributed by atoms with Crippen LogP contribution in [0.15, 0.2) is 79.5 Å². The van der Waals surface area contributed by atoms with E-state index in [-0.39, 0.29) is 28.9 Å². The lowest BCUT2D eigenvalue weighted by atomic mass is 10.1. The summed E-state index contributed by atoms with van der Waals surface area (Å²) >= 11 is 0. The first-order chi connectivity index (χ1) is 19.5. The second kappa shape index (κ2) is 10.9. The Hall–Kier alpha value is -5.60. The van der Waals surface area contributed by atoms with Crippen LogP contribution in [0.3, 0.4) is 0 Å². The smallest absolute Gasteiger partial charge is 0.416 e. The molecule has 5 aromatic rings. The molecule has 0 unspecified atom stereocenters. The molecule has 4 N–H and O–H groups in total. The van der Waals surface area contributed by atoms with Gasteiger partial charge in [0.05, 0.1) is 53.6 Å². The van der Waals surface area contributed by atoms with Gasteiger partial charge in [0.1, 0.15) is 17.4 Å². The Morgan fingerprint density at radius 1 is 0.878 bits per heavy atom. The number of anilines is 3. The zero-order valence-electron chi connectivity index (χ0n) is 20.5. The molecule has 41 heavy (non-hydrogen) atoms. The van der Waals surface area contributed by atoms with Gasteiger partial charge in [-0.15, -0.1) is 0 Å². The SMILES string of the molecule is Nc1ncc(F)cc1-c1ccc(Oc2ncc(NC(=O)Nc3cc(C(F)(F)F)ccc3-n3cc(F)cn3)cn2)cc1. The zero-order chi connectivity index (χ0) is 29.1. The largest absolute Gasteiger partial charge is 0.424 e. The fraction of sp³-hybridized carbons (Fsp3) is 0.0385. The van der Waals surface area contributed by atoms with Crippen molar-refractivity contribution in [3.8, 4) is 28.6 Å². The number of carbonyl (C=O) groups excluding carboxylic acids is 1. The molecule has 0 spiro atoms. The van der Waals surface area contributed by atoms with Crippen molar-refractivity contribution in [1.82, 2.24) is 24.7 Å². The van der Waals surface area contributed by atoms with Crippen LogP contribution in [0.2, 0.25) is 0 Å². The van der Waals surface area contributed by atoms with Gasteiger partial charge in [0.25, 0.3) is 0 Å². The molecule has 208 valence electrons. The predicted molar refractivity (Wildman–Crippen MR) is 137 cm³/mol. The van der Waals surface area contributed by atoms with E-state index in [0.29, 0.717) is 22.9 Å². The van der Waals surface area contributed by atoms with Crippen LogP contribution in [-0.2, 0) is 6.18 Å². The van der Waals surface area contributed by atoms with Gasteiger partial charge >= 0.3 is 18.2 Å². The van der Waals surface area contributed by atoms with Crippen LogP contribution < -0.4 is 21.1 Å². The van der Waals surface area contributed by atoms with Crippen molar-refractivity contribution in [2.75, 3.05) is 16.4 Å². The molecule has 0 atom stereocenters. The van der Waals surface area contributed by atoms with Crippen LogP contribution >= 0.6 is 0 Å². The summed E-state index contributed by atoms with van der Waals surface area (Å²) in [6.45, 7) is 0. The Bertz CT molecular complexity index is 1710. The van der Waals surface area contributed by atoms with E-state index in [2.05, 4.69) is 30.7 Å². The number of halogens is 5. The van der Waals surface area contributed by atoms with Crippen molar-refractivity contribution >= 4 is 23.2 Å². The van der Waals surface area contributed by atoms with Crippen molar-refractivity contribution < 1.29 is 31.5 Å². The zero-order valence-corrected chi connectivity index (χ0v) is 20.5. The van der Waals surface area contributed by atoms with Gasteiger partial charge in [-0.3, -0.25) is 0 Å². The van der Waals surface area contributed by atoms with Gasteiger partial charge in [-0.05, 0) is 42.0 Å². The highest BCUT2D eigenvalue weighted by atomic mass is 19.4. The number of pyridine rings is 1. The number of nitrogens with one attached hydrogen (secondary N) is 2. The van der Waals surface area contributed by atoms with Crippen LogP contribution in [0, 0.1) is 11.6 Å². The molecule has 0 aliphatic carbocycles. The lowest BCUT2D eigenvalue weighted by Gasteiger charge is -2.15. The number of nitrogen functional groups attached to an aromatic ring is 1. The van der Waals surface area contributed by atoms with Gasteiger partial charge in [0, 0.05) is 5.56 Å². The van der Waals surface area contributed by atoms with Crippen LogP contribution in [0.25, 0.3) is 16.8 Å². The number of nitrogens with zero attached hydrogens (tertiary/aromatic N) is 5. The number of nitrogens with two attached hydrogens (primary N) is 1. The standard InChI is InChI=1S/C26H17F5N8O2/c27-16-8-20(23(32)33-9-16)14-1-4-19(5-2-14)41-25-34-11-18(12-35-25)37-24(40)38-21-7-15(26(29,30)31)3-6-22(21)39-13-17(28)10-36-39/h1-13H,(H2,32,33)(H2,37,38,40). The molecule has 3 aromatic heterocycles. The highest BCUT2D eigenvalue weighted by Gasteiger charge is 2.31. The lowest BCUT2D eigenvalue weighted by Crippen LogP contribution is -2.21. The first-order valence-corrected chi connectivity index (χ1v) is 11.6. The fourth-order valence-electron chi connectivity index (χ4n) is 3.65. The van der Waals surface area contributed by atoms with Crippen molar-refractivity contribution in [2.24, 2.45) is 0 Å². The van der Waals surface area contributed by atoms with Gasteiger partial charge in [0.15, 0.2) is 5.82 Å². The summed E-state index contributed by atoms with van der Waals surface area (Å²) < 4.78 is 73.3. The molecule has 0 saturated carbocycles. The highest BCUT2D eigenvalue weighted by Crippen LogP contribution is 2.33. The van der Waals surface area contributed by atoms with Crippen LogP contribution in [0.4, 0.5) is 43.9 Å². The summed E-state index contributed by atoms with van der Waals surface area (Å²) in [5.74, 6) is -0.740. The normalized spacial score (nSPS) is 11.2. The summed E-state index contributed by atoms with van der Waals surface area (Å²) in [6, 6.07) is 9.25. The maximum atomic E-state index is 13.5. The van der Waals surface area contributed by atoms with E-state index in [1.165, 1.54) is 18.5 Å². The quantitative estimate of drug-likeness (QED) is 0.213. The third-order valence-corrected chi connectivity index (χ3v) is 5.52. The molecule has 10 nitrogen and oxygen atoms in total. The second-order valence-corrected chi connectivity index (χ2v) is 8.38. The van der Waals surface area contributed by atoms with Crippen molar-refractivity contribution in [3.63, 3.8) is 0 Å². The third-order valence-electron chi connectivity index (χ3n) is 5.52. The predicted octanol–water partition coefficient (Wildman–Crippen LogP) is 6.04. The number of aromatic nitrogens is 5. The van der Waals surface area contributed by atoms with E-state index >= 15 is 0 Å². The minimum atomic E-state index is -4.69.